The molecule has 0 saturated carbocycles. The van der Waals surface area contributed by atoms with Gasteiger partial charge in [0.25, 0.3) is 0 Å². The number of fused-ring (bicyclic) bond motifs is 1. The molecule has 0 bridgehead atoms. The lowest BCUT2D eigenvalue weighted by Gasteiger charge is -2.12. The second-order valence-corrected chi connectivity index (χ2v) is 4.44. The molecule has 0 aliphatic heterocycles. The van der Waals surface area contributed by atoms with Crippen LogP contribution in [0.1, 0.15) is 36.8 Å². The fourth-order valence-electron chi connectivity index (χ4n) is 1.83. The maximum atomic E-state index is 4.35. The fraction of sp³-hybridized carbons (Fsp3) is 0.667. The van der Waals surface area contributed by atoms with Gasteiger partial charge in [0, 0.05) is 4.88 Å². The molecule has 0 N–H and O–H groups in total. The van der Waals surface area contributed by atoms with Crippen LogP contribution < -0.4 is 0 Å². The van der Waals surface area contributed by atoms with Gasteiger partial charge in [-0.3, -0.25) is 0 Å². The fourth-order valence-corrected chi connectivity index (χ4v) is 2.98. The van der Waals surface area contributed by atoms with Crippen molar-refractivity contribution in [2.45, 2.75) is 32.6 Å². The van der Waals surface area contributed by atoms with Gasteiger partial charge in [0.15, 0.2) is 0 Å². The van der Waals surface area contributed by atoms with Crippen molar-refractivity contribution in [3.63, 3.8) is 0 Å². The molecule has 0 fully saturated rings. The predicted molar refractivity (Wildman–Crippen MR) is 48.0 cm³/mol. The molecule has 1 atom stereocenters. The summed E-state index contributed by atoms with van der Waals surface area (Å²) in [6, 6.07) is 0. The van der Waals surface area contributed by atoms with E-state index in [1.54, 1.807) is 4.88 Å². The minimum atomic E-state index is 0.789. The lowest BCUT2D eigenvalue weighted by atomic mass is 9.95. The Hall–Kier alpha value is -0.370. The second kappa shape index (κ2) is 2.59. The Labute approximate surface area is 71.5 Å². The van der Waals surface area contributed by atoms with Gasteiger partial charge in [-0.25, -0.2) is 4.98 Å². The topological polar surface area (TPSA) is 12.9 Å². The Morgan fingerprint density at radius 2 is 2.45 bits per heavy atom. The Balaban J connectivity index is 2.31. The summed E-state index contributed by atoms with van der Waals surface area (Å²) in [6.45, 7) is 4.61. The molecule has 1 heterocycles. The highest BCUT2D eigenvalue weighted by Crippen LogP contribution is 2.39. The van der Waals surface area contributed by atoms with Gasteiger partial charge in [0.1, 0.15) is 0 Å². The first-order valence-corrected chi connectivity index (χ1v) is 5.09. The summed E-state index contributed by atoms with van der Waals surface area (Å²) in [4.78, 5) is 5.90. The number of hydrogen-bond donors (Lipinski definition) is 0. The Morgan fingerprint density at radius 3 is 3.18 bits per heavy atom. The molecule has 1 aromatic heterocycles. The molecular formula is C9H13NS. The molecule has 1 nitrogen and oxygen atoms in total. The van der Waals surface area contributed by atoms with E-state index in [1.807, 2.05) is 16.8 Å². The Kier molecular flexibility index (Phi) is 1.72. The third-order valence-corrected chi connectivity index (χ3v) is 3.51. The van der Waals surface area contributed by atoms with Crippen LogP contribution in [0.15, 0.2) is 5.51 Å². The molecule has 0 amide bonds. The van der Waals surface area contributed by atoms with Gasteiger partial charge in [0.2, 0.25) is 0 Å². The maximum absolute atomic E-state index is 4.35. The Morgan fingerprint density at radius 1 is 1.64 bits per heavy atom. The average Bonchev–Trinajstić information content (AvgIpc) is 2.41. The number of thiazole rings is 1. The molecule has 1 unspecified atom stereocenters. The second-order valence-electron chi connectivity index (χ2n) is 3.55. The van der Waals surface area contributed by atoms with E-state index in [4.69, 9.17) is 0 Å². The standard InChI is InChI=1S/C9H13NS/c1-6(2)7-3-4-8-9(7)11-5-10-8/h5-7H,3-4H2,1-2H3. The van der Waals surface area contributed by atoms with Crippen LogP contribution in [0, 0.1) is 5.92 Å². The molecule has 1 aliphatic carbocycles. The van der Waals surface area contributed by atoms with Crippen molar-refractivity contribution < 1.29 is 0 Å². The SMILES string of the molecule is CC(C)C1CCc2ncsc21. The van der Waals surface area contributed by atoms with E-state index >= 15 is 0 Å². The minimum absolute atomic E-state index is 0.789. The van der Waals surface area contributed by atoms with Crippen LogP contribution in [-0.2, 0) is 6.42 Å². The van der Waals surface area contributed by atoms with Gasteiger partial charge in [-0.1, -0.05) is 13.8 Å². The van der Waals surface area contributed by atoms with E-state index in [9.17, 15) is 0 Å². The van der Waals surface area contributed by atoms with Crippen molar-refractivity contribution >= 4 is 11.3 Å². The summed E-state index contributed by atoms with van der Waals surface area (Å²) in [5.41, 5.74) is 3.35. The van der Waals surface area contributed by atoms with Crippen molar-refractivity contribution in [3.05, 3.63) is 16.1 Å². The van der Waals surface area contributed by atoms with E-state index in [2.05, 4.69) is 18.8 Å². The molecule has 1 aromatic rings. The monoisotopic (exact) mass is 167 g/mol. The zero-order valence-corrected chi connectivity index (χ0v) is 7.82. The molecular weight excluding hydrogens is 154 g/mol. The van der Waals surface area contributed by atoms with Crippen molar-refractivity contribution in [2.24, 2.45) is 5.92 Å². The molecule has 0 radical (unpaired) electrons. The highest BCUT2D eigenvalue weighted by molar-refractivity contribution is 7.09. The van der Waals surface area contributed by atoms with E-state index in [0.717, 1.165) is 11.8 Å². The van der Waals surface area contributed by atoms with Crippen LogP contribution in [0.5, 0.6) is 0 Å². The lowest BCUT2D eigenvalue weighted by Crippen LogP contribution is -1.99. The number of rotatable bonds is 1. The van der Waals surface area contributed by atoms with E-state index in [1.165, 1.54) is 18.5 Å². The first-order chi connectivity index (χ1) is 5.29. The average molecular weight is 167 g/mol. The third kappa shape index (κ3) is 1.09. The van der Waals surface area contributed by atoms with E-state index < -0.39 is 0 Å². The summed E-state index contributed by atoms with van der Waals surface area (Å²) in [5, 5.41) is 0. The largest absolute Gasteiger partial charge is 0.249 e. The van der Waals surface area contributed by atoms with Crippen molar-refractivity contribution in [3.8, 4) is 0 Å². The van der Waals surface area contributed by atoms with Crippen LogP contribution in [0.2, 0.25) is 0 Å². The van der Waals surface area contributed by atoms with Crippen molar-refractivity contribution in [1.29, 1.82) is 0 Å². The quantitative estimate of drug-likeness (QED) is 0.626. The van der Waals surface area contributed by atoms with Gasteiger partial charge >= 0.3 is 0 Å². The van der Waals surface area contributed by atoms with Crippen molar-refractivity contribution in [1.82, 2.24) is 4.98 Å². The van der Waals surface area contributed by atoms with Gasteiger partial charge in [-0.15, -0.1) is 11.3 Å². The number of nitrogens with zero attached hydrogens (tertiary/aromatic N) is 1. The first-order valence-electron chi connectivity index (χ1n) is 4.21. The van der Waals surface area contributed by atoms with Crippen LogP contribution >= 0.6 is 11.3 Å². The van der Waals surface area contributed by atoms with Gasteiger partial charge in [-0.05, 0) is 24.7 Å². The van der Waals surface area contributed by atoms with Gasteiger partial charge in [0.05, 0.1) is 11.2 Å². The van der Waals surface area contributed by atoms with Crippen LogP contribution in [0.4, 0.5) is 0 Å². The molecule has 0 aromatic carbocycles. The summed E-state index contributed by atoms with van der Waals surface area (Å²) >= 11 is 1.84. The lowest BCUT2D eigenvalue weighted by molar-refractivity contribution is 0.500. The van der Waals surface area contributed by atoms with E-state index in [-0.39, 0.29) is 0 Å². The van der Waals surface area contributed by atoms with Gasteiger partial charge in [-0.2, -0.15) is 0 Å². The minimum Gasteiger partial charge on any atom is -0.249 e. The number of aromatic nitrogens is 1. The summed E-state index contributed by atoms with van der Waals surface area (Å²) < 4.78 is 0. The highest BCUT2D eigenvalue weighted by atomic mass is 32.1. The molecule has 0 spiro atoms. The van der Waals surface area contributed by atoms with Crippen molar-refractivity contribution in [2.75, 3.05) is 0 Å². The Bertz CT molecular complexity index is 252. The number of hydrogen-bond acceptors (Lipinski definition) is 2. The molecule has 60 valence electrons. The van der Waals surface area contributed by atoms with Crippen LogP contribution in [0.25, 0.3) is 0 Å². The van der Waals surface area contributed by atoms with Crippen LogP contribution in [-0.4, -0.2) is 4.98 Å². The zero-order chi connectivity index (χ0) is 7.84. The molecule has 11 heavy (non-hydrogen) atoms. The normalized spacial score (nSPS) is 22.6. The van der Waals surface area contributed by atoms with Crippen LogP contribution in [0.3, 0.4) is 0 Å². The maximum Gasteiger partial charge on any atom is 0.0797 e. The molecule has 0 saturated heterocycles. The molecule has 1 aliphatic rings. The smallest absolute Gasteiger partial charge is 0.0797 e. The highest BCUT2D eigenvalue weighted by Gasteiger charge is 2.26. The summed E-state index contributed by atoms with van der Waals surface area (Å²) in [5.74, 6) is 1.59. The summed E-state index contributed by atoms with van der Waals surface area (Å²) in [6.07, 6.45) is 2.54. The van der Waals surface area contributed by atoms with Gasteiger partial charge < -0.3 is 0 Å². The first kappa shape index (κ1) is 7.29. The zero-order valence-electron chi connectivity index (χ0n) is 7.00. The summed E-state index contributed by atoms with van der Waals surface area (Å²) in [7, 11) is 0. The van der Waals surface area contributed by atoms with E-state index in [0.29, 0.717) is 0 Å². The predicted octanol–water partition coefficient (Wildman–Crippen LogP) is 2.83. The molecule has 2 rings (SSSR count). The molecule has 2 heteroatoms. The number of aryl methyl sites for hydroxylation is 1. The third-order valence-electron chi connectivity index (χ3n) is 2.51.